The summed E-state index contributed by atoms with van der Waals surface area (Å²) in [5, 5.41) is 1.26. The molecule has 6 heteroatoms. The maximum absolute atomic E-state index is 13.0. The topological polar surface area (TPSA) is 55.6 Å². The summed E-state index contributed by atoms with van der Waals surface area (Å²) in [5.41, 5.74) is -0.0284. The van der Waals surface area contributed by atoms with Crippen LogP contribution in [0, 0.1) is 5.82 Å². The van der Waals surface area contributed by atoms with Gasteiger partial charge in [0.1, 0.15) is 5.60 Å². The first-order chi connectivity index (χ1) is 8.19. The van der Waals surface area contributed by atoms with E-state index in [1.807, 2.05) is 20.8 Å². The third-order valence-corrected chi connectivity index (χ3v) is 2.00. The summed E-state index contributed by atoms with van der Waals surface area (Å²) in [6.07, 6.45) is 0. The summed E-state index contributed by atoms with van der Waals surface area (Å²) in [7, 11) is 1.55. The number of carbonyl (C=O) groups is 1. The van der Waals surface area contributed by atoms with Gasteiger partial charge in [-0.25, -0.2) is 10.2 Å². The van der Waals surface area contributed by atoms with Gasteiger partial charge in [-0.15, -0.1) is 0 Å². The molecule has 0 aliphatic carbocycles. The summed E-state index contributed by atoms with van der Waals surface area (Å²) >= 11 is 5.50. The van der Waals surface area contributed by atoms with Crippen LogP contribution in [0.3, 0.4) is 0 Å². The van der Waals surface area contributed by atoms with Gasteiger partial charge < -0.3 is 9.75 Å². The number of nitrogens with zero attached hydrogens (tertiary/aromatic N) is 1. The van der Waals surface area contributed by atoms with Crippen LogP contribution in [0.15, 0.2) is 18.2 Å². The minimum Gasteiger partial charge on any atom is -0.462 e. The molecule has 102 valence electrons. The van der Waals surface area contributed by atoms with Gasteiger partial charge in [-0.3, -0.25) is 4.79 Å². The van der Waals surface area contributed by atoms with Gasteiger partial charge in [0, 0.05) is 7.05 Å². The lowest BCUT2D eigenvalue weighted by molar-refractivity contribution is -0.138. The van der Waals surface area contributed by atoms with Crippen LogP contribution < -0.4 is 10.9 Å². The molecule has 0 unspecified atom stereocenters. The third kappa shape index (κ3) is 6.42. The summed E-state index contributed by atoms with van der Waals surface area (Å²) < 4.78 is 17.5. The van der Waals surface area contributed by atoms with Crippen molar-refractivity contribution in [2.24, 2.45) is 5.84 Å². The van der Waals surface area contributed by atoms with Gasteiger partial charge in [-0.05, 0) is 32.9 Å². The predicted octanol–water partition coefficient (Wildman–Crippen LogP) is 2.75. The second-order valence-electron chi connectivity index (χ2n) is 4.51. The molecule has 0 aliphatic rings. The Hall–Kier alpha value is -1.33. The molecule has 0 aromatic heterocycles. The number of nitrogens with two attached hydrogens (primary N) is 1. The second kappa shape index (κ2) is 7.18. The lowest BCUT2D eigenvalue weighted by atomic mass is 10.2. The Balaban J connectivity index is 0.000000360. The summed E-state index contributed by atoms with van der Waals surface area (Å²) in [6.45, 7) is 5.92. The molecule has 0 spiro atoms. The van der Waals surface area contributed by atoms with Gasteiger partial charge in [0.25, 0.3) is 6.47 Å². The van der Waals surface area contributed by atoms with Gasteiger partial charge in [-0.2, -0.15) is 0 Å². The quantitative estimate of drug-likeness (QED) is 0.513. The Morgan fingerprint density at radius 1 is 1.44 bits per heavy atom. The lowest BCUT2D eigenvalue weighted by Crippen LogP contribution is -2.26. The normalized spacial score (nSPS) is 10.2. The molecule has 4 nitrogen and oxygen atoms in total. The van der Waals surface area contributed by atoms with Crippen LogP contribution >= 0.6 is 11.6 Å². The zero-order chi connectivity index (χ0) is 14.3. The average molecular weight is 277 g/mol. The number of hydrogen-bond acceptors (Lipinski definition) is 4. The van der Waals surface area contributed by atoms with Crippen LogP contribution in [0.2, 0.25) is 5.02 Å². The van der Waals surface area contributed by atoms with Gasteiger partial charge >= 0.3 is 0 Å². The lowest BCUT2D eigenvalue weighted by Gasteiger charge is -2.14. The zero-order valence-electron chi connectivity index (χ0n) is 10.9. The van der Waals surface area contributed by atoms with E-state index in [4.69, 9.17) is 17.4 Å². The van der Waals surface area contributed by atoms with E-state index in [0.29, 0.717) is 6.47 Å². The van der Waals surface area contributed by atoms with E-state index in [1.54, 1.807) is 19.2 Å². The molecule has 0 saturated heterocycles. The largest absolute Gasteiger partial charge is 0.462 e. The molecule has 0 atom stereocenters. The number of ether oxygens (including phenoxy) is 1. The van der Waals surface area contributed by atoms with Crippen molar-refractivity contribution in [3.8, 4) is 0 Å². The first-order valence-corrected chi connectivity index (χ1v) is 5.60. The van der Waals surface area contributed by atoms with Crippen molar-refractivity contribution >= 4 is 23.8 Å². The van der Waals surface area contributed by atoms with E-state index in [2.05, 4.69) is 4.74 Å². The fraction of sp³-hybridized carbons (Fsp3) is 0.417. The number of anilines is 1. The Morgan fingerprint density at radius 3 is 2.28 bits per heavy atom. The standard InChI is InChI=1S/C7H8ClFN2.C5H10O2/c1-11(10)6-4-2-3-5(8)7(6)9;1-5(2,3)7-4-6/h2-4H,10H2,1H3;4H,1-3H3. The fourth-order valence-corrected chi connectivity index (χ4v) is 1.08. The molecule has 0 amide bonds. The molecule has 0 bridgehead atoms. The van der Waals surface area contributed by atoms with Gasteiger partial charge in [0.2, 0.25) is 0 Å². The molecule has 0 heterocycles. The monoisotopic (exact) mass is 276 g/mol. The molecule has 0 saturated carbocycles. The number of carbonyl (C=O) groups excluding carboxylic acids is 1. The molecule has 2 N–H and O–H groups in total. The highest BCUT2D eigenvalue weighted by Gasteiger charge is 2.07. The maximum atomic E-state index is 13.0. The number of halogens is 2. The highest BCUT2D eigenvalue weighted by atomic mass is 35.5. The molecule has 0 fully saturated rings. The Morgan fingerprint density at radius 2 is 2.00 bits per heavy atom. The average Bonchev–Trinajstić information content (AvgIpc) is 2.20. The van der Waals surface area contributed by atoms with Crippen LogP contribution in [0.4, 0.5) is 10.1 Å². The van der Waals surface area contributed by atoms with Crippen LogP contribution in [-0.2, 0) is 9.53 Å². The van der Waals surface area contributed by atoms with Crippen molar-refractivity contribution in [2.45, 2.75) is 26.4 Å². The van der Waals surface area contributed by atoms with Crippen LogP contribution in [0.25, 0.3) is 0 Å². The zero-order valence-corrected chi connectivity index (χ0v) is 11.7. The van der Waals surface area contributed by atoms with E-state index in [9.17, 15) is 9.18 Å². The Kier molecular flexibility index (Phi) is 6.65. The highest BCUT2D eigenvalue weighted by Crippen LogP contribution is 2.22. The smallest absolute Gasteiger partial charge is 0.293 e. The maximum Gasteiger partial charge on any atom is 0.293 e. The molecular formula is C12H18ClFN2O2. The SMILES string of the molecule is CC(C)(C)OC=O.CN(N)c1cccc(Cl)c1F. The summed E-state index contributed by atoms with van der Waals surface area (Å²) in [4.78, 5) is 9.60. The van der Waals surface area contributed by atoms with Crippen LogP contribution in [-0.4, -0.2) is 19.1 Å². The van der Waals surface area contributed by atoms with E-state index >= 15 is 0 Å². The predicted molar refractivity (Wildman–Crippen MR) is 70.9 cm³/mol. The van der Waals surface area contributed by atoms with Crippen molar-refractivity contribution in [1.29, 1.82) is 0 Å². The van der Waals surface area contributed by atoms with Crippen LogP contribution in [0.1, 0.15) is 20.8 Å². The number of benzene rings is 1. The molecular weight excluding hydrogens is 259 g/mol. The van der Waals surface area contributed by atoms with E-state index in [1.165, 1.54) is 11.1 Å². The van der Waals surface area contributed by atoms with E-state index in [0.717, 1.165) is 0 Å². The van der Waals surface area contributed by atoms with Gasteiger partial charge in [0.15, 0.2) is 5.82 Å². The molecule has 0 radical (unpaired) electrons. The van der Waals surface area contributed by atoms with E-state index < -0.39 is 5.82 Å². The number of hydrazine groups is 1. The van der Waals surface area contributed by atoms with E-state index in [-0.39, 0.29) is 16.3 Å². The van der Waals surface area contributed by atoms with Gasteiger partial charge in [-0.1, -0.05) is 17.7 Å². The second-order valence-corrected chi connectivity index (χ2v) is 4.92. The minimum absolute atomic E-state index is 0.0831. The fourth-order valence-electron chi connectivity index (χ4n) is 0.909. The van der Waals surface area contributed by atoms with Crippen molar-refractivity contribution in [2.75, 3.05) is 12.1 Å². The molecule has 1 rings (SSSR count). The third-order valence-electron chi connectivity index (χ3n) is 1.71. The molecule has 1 aromatic rings. The molecule has 18 heavy (non-hydrogen) atoms. The van der Waals surface area contributed by atoms with Crippen molar-refractivity contribution < 1.29 is 13.9 Å². The summed E-state index contributed by atoms with van der Waals surface area (Å²) in [5.74, 6) is 4.83. The molecule has 0 aliphatic heterocycles. The Bertz CT molecular complexity index is 392. The van der Waals surface area contributed by atoms with Crippen molar-refractivity contribution in [3.05, 3.63) is 29.0 Å². The number of hydrogen-bond donors (Lipinski definition) is 1. The molecule has 1 aromatic carbocycles. The van der Waals surface area contributed by atoms with Crippen molar-refractivity contribution in [3.63, 3.8) is 0 Å². The Labute approximate surface area is 111 Å². The minimum atomic E-state index is -0.487. The number of rotatable bonds is 2. The van der Waals surface area contributed by atoms with Crippen molar-refractivity contribution in [1.82, 2.24) is 0 Å². The first kappa shape index (κ1) is 16.7. The first-order valence-electron chi connectivity index (χ1n) is 5.23. The highest BCUT2D eigenvalue weighted by molar-refractivity contribution is 6.31. The van der Waals surface area contributed by atoms with Crippen LogP contribution in [0.5, 0.6) is 0 Å². The summed E-state index contributed by atoms with van der Waals surface area (Å²) in [6, 6.07) is 4.68. The van der Waals surface area contributed by atoms with Gasteiger partial charge in [0.05, 0.1) is 10.7 Å².